The summed E-state index contributed by atoms with van der Waals surface area (Å²) in [5.41, 5.74) is 6.36. The lowest BCUT2D eigenvalue weighted by Gasteiger charge is -2.30. The molecule has 0 aliphatic carbocycles. The van der Waals surface area contributed by atoms with Crippen molar-refractivity contribution in [2.24, 2.45) is 0 Å². The monoisotopic (exact) mass is 509 g/mol. The third-order valence-electron chi connectivity index (χ3n) is 7.66. The molecule has 194 valence electrons. The minimum Gasteiger partial charge on any atom is -0.381 e. The van der Waals surface area contributed by atoms with Gasteiger partial charge in [0, 0.05) is 61.8 Å². The first-order chi connectivity index (χ1) is 18.6. The fraction of sp³-hybridized carbons (Fsp3) is 0.333. The van der Waals surface area contributed by atoms with Crippen LogP contribution < -0.4 is 5.32 Å². The molecule has 3 aliphatic heterocycles. The number of hydrogen-bond acceptors (Lipinski definition) is 6. The summed E-state index contributed by atoms with van der Waals surface area (Å²) in [5, 5.41) is 3.42. The number of fused-ring (bicyclic) bond motifs is 2. The van der Waals surface area contributed by atoms with Crippen molar-refractivity contribution in [3.63, 3.8) is 0 Å². The van der Waals surface area contributed by atoms with Crippen LogP contribution >= 0.6 is 0 Å². The van der Waals surface area contributed by atoms with Crippen molar-refractivity contribution in [3.05, 3.63) is 83.1 Å². The predicted octanol–water partition coefficient (Wildman–Crippen LogP) is 3.92. The molecule has 38 heavy (non-hydrogen) atoms. The lowest BCUT2D eigenvalue weighted by atomic mass is 10.00. The standard InChI is InChI=1S/C30H31N5O3/c1-2-20-16-31-30(32-25-10-13-38-14-11-25)33-28(20)22-7-8-24-18-35(29(37)26(24)15-22)19-27(36)34-12-9-21-5-3-4-6-23(21)17-34/h2-8,15-16,25H,1,9-14,17-19H2,(H,31,32,33). The molecule has 8 heteroatoms. The molecule has 6 rings (SSSR count). The lowest BCUT2D eigenvalue weighted by Crippen LogP contribution is -2.42. The highest BCUT2D eigenvalue weighted by Gasteiger charge is 2.31. The molecule has 0 unspecified atom stereocenters. The maximum atomic E-state index is 13.4. The van der Waals surface area contributed by atoms with E-state index in [4.69, 9.17) is 9.72 Å². The second-order valence-electron chi connectivity index (χ2n) is 10.1. The molecule has 1 saturated heterocycles. The Bertz CT molecular complexity index is 1400. The van der Waals surface area contributed by atoms with Crippen LogP contribution in [0.5, 0.6) is 0 Å². The number of nitrogens with zero attached hydrogens (tertiary/aromatic N) is 4. The summed E-state index contributed by atoms with van der Waals surface area (Å²) >= 11 is 0. The van der Waals surface area contributed by atoms with Gasteiger partial charge in [-0.2, -0.15) is 0 Å². The Labute approximate surface area is 222 Å². The van der Waals surface area contributed by atoms with Crippen molar-refractivity contribution in [1.29, 1.82) is 0 Å². The fourth-order valence-electron chi connectivity index (χ4n) is 5.47. The van der Waals surface area contributed by atoms with Crippen molar-refractivity contribution >= 4 is 23.8 Å². The van der Waals surface area contributed by atoms with E-state index in [2.05, 4.69) is 29.0 Å². The number of amides is 2. The average Bonchev–Trinajstić information content (AvgIpc) is 3.27. The van der Waals surface area contributed by atoms with E-state index in [-0.39, 0.29) is 24.4 Å². The van der Waals surface area contributed by atoms with Gasteiger partial charge in [-0.05, 0) is 42.0 Å². The van der Waals surface area contributed by atoms with Crippen molar-refractivity contribution in [1.82, 2.24) is 19.8 Å². The van der Waals surface area contributed by atoms with Gasteiger partial charge in [-0.15, -0.1) is 0 Å². The van der Waals surface area contributed by atoms with Gasteiger partial charge in [-0.1, -0.05) is 49.1 Å². The average molecular weight is 510 g/mol. The molecular formula is C30H31N5O3. The highest BCUT2D eigenvalue weighted by atomic mass is 16.5. The van der Waals surface area contributed by atoms with Crippen LogP contribution in [0.4, 0.5) is 5.95 Å². The SMILES string of the molecule is C=Cc1cnc(NC2CCOCC2)nc1-c1ccc2c(c1)C(=O)N(CC(=O)N1CCc3ccccc3C1)C2. The van der Waals surface area contributed by atoms with Gasteiger partial charge < -0.3 is 19.9 Å². The Morgan fingerprint density at radius 2 is 1.92 bits per heavy atom. The van der Waals surface area contributed by atoms with E-state index in [0.29, 0.717) is 31.1 Å². The van der Waals surface area contributed by atoms with E-state index in [1.807, 2.05) is 35.2 Å². The smallest absolute Gasteiger partial charge is 0.254 e. The molecule has 0 bridgehead atoms. The van der Waals surface area contributed by atoms with Crippen LogP contribution in [0.1, 0.15) is 45.5 Å². The largest absolute Gasteiger partial charge is 0.381 e. The van der Waals surface area contributed by atoms with Crippen LogP contribution in [0.25, 0.3) is 17.3 Å². The van der Waals surface area contributed by atoms with E-state index in [1.54, 1.807) is 17.2 Å². The number of aromatic nitrogens is 2. The summed E-state index contributed by atoms with van der Waals surface area (Å²) < 4.78 is 5.45. The predicted molar refractivity (Wildman–Crippen MR) is 145 cm³/mol. The van der Waals surface area contributed by atoms with Crippen LogP contribution in [-0.2, 0) is 29.0 Å². The molecule has 0 atom stereocenters. The molecule has 2 amide bonds. The maximum Gasteiger partial charge on any atom is 0.254 e. The summed E-state index contributed by atoms with van der Waals surface area (Å²) in [6.45, 7) is 7.16. The topological polar surface area (TPSA) is 87.7 Å². The maximum absolute atomic E-state index is 13.4. The van der Waals surface area contributed by atoms with Crippen molar-refractivity contribution < 1.29 is 14.3 Å². The Balaban J connectivity index is 1.18. The second kappa shape index (κ2) is 10.4. The van der Waals surface area contributed by atoms with Crippen molar-refractivity contribution in [3.8, 4) is 11.3 Å². The van der Waals surface area contributed by atoms with Gasteiger partial charge in [0.15, 0.2) is 0 Å². The molecule has 1 aromatic heterocycles. The van der Waals surface area contributed by atoms with Gasteiger partial charge >= 0.3 is 0 Å². The normalized spacial score (nSPS) is 17.2. The molecule has 3 aromatic rings. The molecule has 4 heterocycles. The second-order valence-corrected chi connectivity index (χ2v) is 10.1. The van der Waals surface area contributed by atoms with Crippen LogP contribution in [-0.4, -0.2) is 63.9 Å². The third-order valence-corrected chi connectivity index (χ3v) is 7.66. The van der Waals surface area contributed by atoms with E-state index >= 15 is 0 Å². The number of nitrogens with one attached hydrogen (secondary N) is 1. The van der Waals surface area contributed by atoms with Crippen LogP contribution in [0.2, 0.25) is 0 Å². The van der Waals surface area contributed by atoms with Crippen LogP contribution in [0.15, 0.2) is 55.2 Å². The first-order valence-corrected chi connectivity index (χ1v) is 13.2. The van der Waals surface area contributed by atoms with Crippen LogP contribution in [0, 0.1) is 0 Å². The van der Waals surface area contributed by atoms with Crippen LogP contribution in [0.3, 0.4) is 0 Å². The Morgan fingerprint density at radius 3 is 2.74 bits per heavy atom. The molecule has 2 aromatic carbocycles. The summed E-state index contributed by atoms with van der Waals surface area (Å²) in [5.74, 6) is 0.413. The number of rotatable bonds is 6. The minimum atomic E-state index is -0.123. The van der Waals surface area contributed by atoms with Gasteiger partial charge in [0.25, 0.3) is 5.91 Å². The molecule has 3 aliphatic rings. The Kier molecular flexibility index (Phi) is 6.64. The number of ether oxygens (including phenoxy) is 1. The first-order valence-electron chi connectivity index (χ1n) is 13.2. The molecule has 1 N–H and O–H groups in total. The van der Waals surface area contributed by atoms with E-state index < -0.39 is 0 Å². The Morgan fingerprint density at radius 1 is 1.11 bits per heavy atom. The molecule has 0 radical (unpaired) electrons. The fourth-order valence-corrected chi connectivity index (χ4v) is 5.47. The van der Waals surface area contributed by atoms with E-state index in [1.165, 1.54) is 11.1 Å². The number of hydrogen-bond donors (Lipinski definition) is 1. The lowest BCUT2D eigenvalue weighted by molar-refractivity contribution is -0.132. The highest BCUT2D eigenvalue weighted by molar-refractivity contribution is 6.01. The zero-order valence-corrected chi connectivity index (χ0v) is 21.4. The van der Waals surface area contributed by atoms with Crippen molar-refractivity contribution in [2.75, 3.05) is 31.6 Å². The molecule has 0 saturated carbocycles. The van der Waals surface area contributed by atoms with Gasteiger partial charge in [0.2, 0.25) is 11.9 Å². The van der Waals surface area contributed by atoms with Gasteiger partial charge in [0.05, 0.1) is 5.69 Å². The molecule has 0 spiro atoms. The minimum absolute atomic E-state index is 0.0190. The van der Waals surface area contributed by atoms with Gasteiger partial charge in [-0.3, -0.25) is 9.59 Å². The van der Waals surface area contributed by atoms with E-state index in [0.717, 1.165) is 54.9 Å². The van der Waals surface area contributed by atoms with Gasteiger partial charge in [-0.25, -0.2) is 9.97 Å². The molecule has 1 fully saturated rings. The summed E-state index contributed by atoms with van der Waals surface area (Å²) in [7, 11) is 0. The number of carbonyl (C=O) groups is 2. The number of benzene rings is 2. The zero-order chi connectivity index (χ0) is 26.1. The summed E-state index contributed by atoms with van der Waals surface area (Å²) in [6.07, 6.45) is 6.15. The Hall–Kier alpha value is -4.04. The third kappa shape index (κ3) is 4.79. The van der Waals surface area contributed by atoms with E-state index in [9.17, 15) is 9.59 Å². The van der Waals surface area contributed by atoms with Gasteiger partial charge in [0.1, 0.15) is 6.54 Å². The summed E-state index contributed by atoms with van der Waals surface area (Å²) in [4.78, 5) is 39.2. The number of carbonyl (C=O) groups excluding carboxylic acids is 2. The number of anilines is 1. The first kappa shape index (κ1) is 24.3. The summed E-state index contributed by atoms with van der Waals surface area (Å²) in [6, 6.07) is 14.3. The highest BCUT2D eigenvalue weighted by Crippen LogP contribution is 2.31. The quantitative estimate of drug-likeness (QED) is 0.542. The van der Waals surface area contributed by atoms with Crippen molar-refractivity contribution in [2.45, 2.75) is 38.4 Å². The molecular weight excluding hydrogens is 478 g/mol. The zero-order valence-electron chi connectivity index (χ0n) is 21.4. The molecule has 8 nitrogen and oxygen atoms in total.